The Labute approximate surface area is 71.7 Å². The number of fused-ring (bicyclic) bond motifs is 1. The average Bonchev–Trinajstić information content (AvgIpc) is 2.04. The molecule has 0 aromatic rings. The topological polar surface area (TPSA) is 0 Å². The average molecular weight is 168 g/mol. The Hall–Kier alpha value is 0.170. The van der Waals surface area contributed by atoms with Gasteiger partial charge in [-0.2, -0.15) is 0 Å². The van der Waals surface area contributed by atoms with Gasteiger partial charge in [0.15, 0.2) is 0 Å². The lowest BCUT2D eigenvalue weighted by atomic mass is 9.49. The van der Waals surface area contributed by atoms with E-state index in [0.717, 1.165) is 11.8 Å². The molecule has 0 saturated heterocycles. The van der Waals surface area contributed by atoms with E-state index in [4.69, 9.17) is 0 Å². The second-order valence-corrected chi connectivity index (χ2v) is 4.93. The fourth-order valence-corrected chi connectivity index (χ4v) is 3.16. The Morgan fingerprint density at radius 3 is 2.73 bits per heavy atom. The molecule has 3 aliphatic carbocycles. The van der Waals surface area contributed by atoms with E-state index in [2.05, 4.69) is 29.2 Å². The van der Waals surface area contributed by atoms with Gasteiger partial charge < -0.3 is 0 Å². The molecule has 1 saturated carbocycles. The minimum atomic E-state index is 0.626. The highest BCUT2D eigenvalue weighted by Crippen LogP contribution is 2.59. The van der Waals surface area contributed by atoms with Gasteiger partial charge in [-0.3, -0.25) is 0 Å². The molecule has 11 heavy (non-hydrogen) atoms. The quantitative estimate of drug-likeness (QED) is 0.417. The van der Waals surface area contributed by atoms with E-state index in [1.54, 1.807) is 5.57 Å². The van der Waals surface area contributed by atoms with Crippen molar-refractivity contribution in [3.63, 3.8) is 0 Å². The maximum absolute atomic E-state index is 2.86. The van der Waals surface area contributed by atoms with E-state index in [1.165, 1.54) is 19.0 Å². The first kappa shape index (κ1) is 7.80. The van der Waals surface area contributed by atoms with Gasteiger partial charge in [0, 0.05) is 0 Å². The van der Waals surface area contributed by atoms with Gasteiger partial charge in [-0.05, 0) is 36.3 Å². The zero-order valence-electron chi connectivity index (χ0n) is 7.43. The molecular weight excluding hydrogens is 151 g/mol. The van der Waals surface area contributed by atoms with Crippen LogP contribution in [0.15, 0.2) is 11.6 Å². The van der Waals surface area contributed by atoms with E-state index in [-0.39, 0.29) is 0 Å². The highest BCUT2D eigenvalue weighted by atomic mass is 31.0. The number of hydrogen-bond acceptors (Lipinski definition) is 0. The monoisotopic (exact) mass is 168 g/mol. The van der Waals surface area contributed by atoms with Crippen molar-refractivity contribution < 1.29 is 0 Å². The summed E-state index contributed by atoms with van der Waals surface area (Å²) in [6, 6.07) is 0. The van der Waals surface area contributed by atoms with Crippen LogP contribution in [0.4, 0.5) is 0 Å². The van der Waals surface area contributed by atoms with Crippen LogP contribution in [0.1, 0.15) is 26.7 Å². The predicted octanol–water partition coefficient (Wildman–Crippen LogP) is 2.85. The molecule has 0 radical (unpaired) electrons. The molecule has 62 valence electrons. The van der Waals surface area contributed by atoms with Gasteiger partial charge in [-0.15, -0.1) is 9.24 Å². The molecule has 0 aromatic carbocycles. The standard InChI is InChI=1S/C10H17P/c1-10(2)8-4-3-7(6-11)9(10)5-8/h3,8-9H,4-6,11H2,1-2H3/t8-,9-/m1/s1. The van der Waals surface area contributed by atoms with Gasteiger partial charge >= 0.3 is 0 Å². The summed E-state index contributed by atoms with van der Waals surface area (Å²) in [5.74, 6) is 1.91. The Balaban J connectivity index is 2.23. The van der Waals surface area contributed by atoms with Crippen LogP contribution in [0.5, 0.6) is 0 Å². The zero-order valence-corrected chi connectivity index (χ0v) is 8.59. The van der Waals surface area contributed by atoms with Gasteiger partial charge in [-0.25, -0.2) is 0 Å². The van der Waals surface area contributed by atoms with Gasteiger partial charge in [0.2, 0.25) is 0 Å². The first-order valence-corrected chi connectivity index (χ1v) is 5.37. The molecule has 0 aliphatic heterocycles. The number of rotatable bonds is 1. The summed E-state index contributed by atoms with van der Waals surface area (Å²) in [5.41, 5.74) is 2.32. The molecule has 2 bridgehead atoms. The van der Waals surface area contributed by atoms with E-state index in [9.17, 15) is 0 Å². The van der Waals surface area contributed by atoms with E-state index in [1.807, 2.05) is 0 Å². The first-order chi connectivity index (χ1) is 5.16. The Morgan fingerprint density at radius 2 is 2.36 bits per heavy atom. The molecular formula is C10H17P. The number of allylic oxidation sites excluding steroid dienone is 2. The van der Waals surface area contributed by atoms with Crippen molar-refractivity contribution in [3.05, 3.63) is 11.6 Å². The molecule has 0 nitrogen and oxygen atoms in total. The SMILES string of the molecule is CC1(C)[C@@H]2CC=C(CP)[C@H]1C2. The minimum Gasteiger partial charge on any atom is -0.133 e. The minimum absolute atomic E-state index is 0.626. The second-order valence-electron chi connectivity index (χ2n) is 4.53. The molecule has 1 heteroatoms. The molecule has 3 rings (SSSR count). The molecule has 1 fully saturated rings. The third-order valence-electron chi connectivity index (χ3n) is 3.82. The van der Waals surface area contributed by atoms with E-state index in [0.29, 0.717) is 5.41 Å². The smallest absolute Gasteiger partial charge is 0.0143 e. The molecule has 0 amide bonds. The van der Waals surface area contributed by atoms with Crippen LogP contribution in [0.25, 0.3) is 0 Å². The summed E-state index contributed by atoms with van der Waals surface area (Å²) in [5, 5.41) is 0. The summed E-state index contributed by atoms with van der Waals surface area (Å²) < 4.78 is 0. The molecule has 3 atom stereocenters. The normalized spacial score (nSPS) is 39.4. The highest BCUT2D eigenvalue weighted by molar-refractivity contribution is 7.16. The highest BCUT2D eigenvalue weighted by Gasteiger charge is 2.50. The lowest BCUT2D eigenvalue weighted by Crippen LogP contribution is -2.48. The summed E-state index contributed by atoms with van der Waals surface area (Å²) >= 11 is 0. The second kappa shape index (κ2) is 2.33. The molecule has 0 aromatic heterocycles. The van der Waals surface area contributed by atoms with Gasteiger partial charge in [0.25, 0.3) is 0 Å². The summed E-state index contributed by atoms with van der Waals surface area (Å²) in [6.07, 6.45) is 6.47. The van der Waals surface area contributed by atoms with Crippen LogP contribution in [0.3, 0.4) is 0 Å². The van der Waals surface area contributed by atoms with Crippen molar-refractivity contribution >= 4 is 9.24 Å². The molecule has 3 aliphatic rings. The fourth-order valence-electron chi connectivity index (χ4n) is 2.71. The Bertz CT molecular complexity index is 203. The van der Waals surface area contributed by atoms with E-state index >= 15 is 0 Å². The van der Waals surface area contributed by atoms with Crippen molar-refractivity contribution in [1.29, 1.82) is 0 Å². The zero-order chi connectivity index (χ0) is 8.06. The number of hydrogen-bond donors (Lipinski definition) is 0. The van der Waals surface area contributed by atoms with Gasteiger partial charge in [0.05, 0.1) is 0 Å². The van der Waals surface area contributed by atoms with Crippen LogP contribution in [0, 0.1) is 17.3 Å². The van der Waals surface area contributed by atoms with Crippen LogP contribution >= 0.6 is 9.24 Å². The Morgan fingerprint density at radius 1 is 1.64 bits per heavy atom. The third kappa shape index (κ3) is 0.920. The maximum Gasteiger partial charge on any atom is -0.0143 e. The summed E-state index contributed by atoms with van der Waals surface area (Å²) in [7, 11) is 2.86. The van der Waals surface area contributed by atoms with Gasteiger partial charge in [0.1, 0.15) is 0 Å². The van der Waals surface area contributed by atoms with Crippen LogP contribution in [-0.4, -0.2) is 6.16 Å². The lowest BCUT2D eigenvalue weighted by Gasteiger charge is -2.56. The van der Waals surface area contributed by atoms with E-state index < -0.39 is 0 Å². The summed E-state index contributed by atoms with van der Waals surface area (Å²) in [6.45, 7) is 4.86. The Kier molecular flexibility index (Phi) is 1.65. The molecule has 1 unspecified atom stereocenters. The van der Waals surface area contributed by atoms with Crippen molar-refractivity contribution in [2.24, 2.45) is 17.3 Å². The van der Waals surface area contributed by atoms with Crippen molar-refractivity contribution in [3.8, 4) is 0 Å². The predicted molar refractivity (Wildman–Crippen MR) is 52.7 cm³/mol. The lowest BCUT2D eigenvalue weighted by molar-refractivity contribution is -0.00538. The molecule has 0 heterocycles. The van der Waals surface area contributed by atoms with Crippen molar-refractivity contribution in [2.45, 2.75) is 26.7 Å². The van der Waals surface area contributed by atoms with Crippen LogP contribution in [0.2, 0.25) is 0 Å². The molecule has 0 N–H and O–H groups in total. The first-order valence-electron chi connectivity index (χ1n) is 4.55. The van der Waals surface area contributed by atoms with Crippen molar-refractivity contribution in [1.82, 2.24) is 0 Å². The van der Waals surface area contributed by atoms with Crippen LogP contribution < -0.4 is 0 Å². The largest absolute Gasteiger partial charge is 0.133 e. The van der Waals surface area contributed by atoms with Crippen molar-refractivity contribution in [2.75, 3.05) is 6.16 Å². The maximum atomic E-state index is 2.86. The fraction of sp³-hybridized carbons (Fsp3) is 0.800. The van der Waals surface area contributed by atoms with Gasteiger partial charge in [-0.1, -0.05) is 25.5 Å². The molecule has 0 spiro atoms. The summed E-state index contributed by atoms with van der Waals surface area (Å²) in [4.78, 5) is 0. The third-order valence-corrected chi connectivity index (χ3v) is 4.29. The van der Waals surface area contributed by atoms with Crippen LogP contribution in [-0.2, 0) is 0 Å².